The molecular formula is C17H32O4. The average Bonchev–Trinajstić information content (AvgIpc) is 2.45. The largest absolute Gasteiger partial charge is 0.465 e. The van der Waals surface area contributed by atoms with Crippen LogP contribution in [-0.2, 0) is 19.1 Å². The summed E-state index contributed by atoms with van der Waals surface area (Å²) in [6, 6.07) is 0. The zero-order valence-electron chi connectivity index (χ0n) is 14.3. The molecule has 4 nitrogen and oxygen atoms in total. The highest BCUT2D eigenvalue weighted by molar-refractivity contribution is 5.77. The van der Waals surface area contributed by atoms with Gasteiger partial charge in [0.15, 0.2) is 0 Å². The van der Waals surface area contributed by atoms with E-state index in [-0.39, 0.29) is 36.8 Å². The van der Waals surface area contributed by atoms with E-state index in [9.17, 15) is 9.59 Å². The fourth-order valence-corrected chi connectivity index (χ4v) is 1.79. The highest BCUT2D eigenvalue weighted by atomic mass is 16.5. The van der Waals surface area contributed by atoms with E-state index in [4.69, 9.17) is 9.47 Å². The molecule has 0 amide bonds. The number of rotatable bonds is 11. The van der Waals surface area contributed by atoms with Gasteiger partial charge in [-0.2, -0.15) is 0 Å². The van der Waals surface area contributed by atoms with Gasteiger partial charge in [0.2, 0.25) is 0 Å². The van der Waals surface area contributed by atoms with Crippen LogP contribution in [0.5, 0.6) is 0 Å². The monoisotopic (exact) mass is 300 g/mol. The Balaban J connectivity index is 3.86. The van der Waals surface area contributed by atoms with E-state index in [0.717, 1.165) is 25.7 Å². The maximum atomic E-state index is 11.6. The van der Waals surface area contributed by atoms with E-state index >= 15 is 0 Å². The van der Waals surface area contributed by atoms with Crippen LogP contribution in [-0.4, -0.2) is 24.6 Å². The van der Waals surface area contributed by atoms with Crippen molar-refractivity contribution in [2.24, 2.45) is 11.8 Å². The van der Waals surface area contributed by atoms with Crippen LogP contribution in [0.3, 0.4) is 0 Å². The van der Waals surface area contributed by atoms with Crippen molar-refractivity contribution < 1.29 is 19.1 Å². The SMILES string of the molecule is CCCCC(CC)COC(=O)CCC(=O)OC(C)C(C)C. The lowest BCUT2D eigenvalue weighted by molar-refractivity contribution is -0.155. The van der Waals surface area contributed by atoms with Crippen molar-refractivity contribution in [1.82, 2.24) is 0 Å². The van der Waals surface area contributed by atoms with E-state index in [0.29, 0.717) is 12.5 Å². The summed E-state index contributed by atoms with van der Waals surface area (Å²) in [6.45, 7) is 10.6. The Morgan fingerprint density at radius 2 is 1.62 bits per heavy atom. The first kappa shape index (κ1) is 19.9. The normalized spacial score (nSPS) is 13.8. The maximum Gasteiger partial charge on any atom is 0.306 e. The summed E-state index contributed by atoms with van der Waals surface area (Å²) >= 11 is 0. The van der Waals surface area contributed by atoms with Crippen LogP contribution in [0.4, 0.5) is 0 Å². The molecule has 0 bridgehead atoms. The molecule has 124 valence electrons. The molecule has 0 aliphatic rings. The van der Waals surface area contributed by atoms with Crippen molar-refractivity contribution in [1.29, 1.82) is 0 Å². The van der Waals surface area contributed by atoms with Gasteiger partial charge < -0.3 is 9.47 Å². The number of carbonyl (C=O) groups excluding carboxylic acids is 2. The summed E-state index contributed by atoms with van der Waals surface area (Å²) in [6.07, 6.45) is 4.51. The van der Waals surface area contributed by atoms with E-state index in [1.165, 1.54) is 0 Å². The molecule has 0 saturated carbocycles. The van der Waals surface area contributed by atoms with E-state index in [2.05, 4.69) is 13.8 Å². The van der Waals surface area contributed by atoms with Gasteiger partial charge in [-0.15, -0.1) is 0 Å². The zero-order chi connectivity index (χ0) is 16.3. The summed E-state index contributed by atoms with van der Waals surface area (Å²) in [5.74, 6) is 0.0804. The number of hydrogen-bond donors (Lipinski definition) is 0. The topological polar surface area (TPSA) is 52.6 Å². The molecule has 0 aliphatic heterocycles. The molecule has 2 atom stereocenters. The van der Waals surface area contributed by atoms with Crippen molar-refractivity contribution in [3.63, 3.8) is 0 Å². The van der Waals surface area contributed by atoms with E-state index < -0.39 is 0 Å². The predicted molar refractivity (Wildman–Crippen MR) is 83.9 cm³/mol. The molecule has 0 heterocycles. The third-order valence-corrected chi connectivity index (χ3v) is 3.81. The van der Waals surface area contributed by atoms with Crippen LogP contribution in [0.2, 0.25) is 0 Å². The molecule has 0 spiro atoms. The van der Waals surface area contributed by atoms with Crippen LogP contribution in [0.1, 0.15) is 73.1 Å². The average molecular weight is 300 g/mol. The Morgan fingerprint density at radius 1 is 1.00 bits per heavy atom. The van der Waals surface area contributed by atoms with Gasteiger partial charge in [0.05, 0.1) is 19.4 Å². The highest BCUT2D eigenvalue weighted by Gasteiger charge is 2.15. The lowest BCUT2D eigenvalue weighted by atomic mass is 10.0. The molecule has 0 fully saturated rings. The van der Waals surface area contributed by atoms with Crippen molar-refractivity contribution in [3.8, 4) is 0 Å². The first-order valence-electron chi connectivity index (χ1n) is 8.25. The van der Waals surface area contributed by atoms with Crippen LogP contribution >= 0.6 is 0 Å². The lowest BCUT2D eigenvalue weighted by Crippen LogP contribution is -2.21. The lowest BCUT2D eigenvalue weighted by Gasteiger charge is -2.17. The van der Waals surface area contributed by atoms with Crippen molar-refractivity contribution in [2.45, 2.75) is 79.2 Å². The minimum atomic E-state index is -0.328. The molecule has 0 aromatic heterocycles. The van der Waals surface area contributed by atoms with Crippen LogP contribution in [0.15, 0.2) is 0 Å². The second-order valence-electron chi connectivity index (χ2n) is 6.04. The minimum Gasteiger partial charge on any atom is -0.465 e. The summed E-state index contributed by atoms with van der Waals surface area (Å²) in [7, 11) is 0. The zero-order valence-corrected chi connectivity index (χ0v) is 14.3. The van der Waals surface area contributed by atoms with Crippen molar-refractivity contribution in [3.05, 3.63) is 0 Å². The fourth-order valence-electron chi connectivity index (χ4n) is 1.79. The molecule has 0 aromatic rings. The molecular weight excluding hydrogens is 268 g/mol. The van der Waals surface area contributed by atoms with E-state index in [1.54, 1.807) is 0 Å². The van der Waals surface area contributed by atoms with Gasteiger partial charge >= 0.3 is 11.9 Å². The summed E-state index contributed by atoms with van der Waals surface area (Å²) in [5, 5.41) is 0. The fraction of sp³-hybridized carbons (Fsp3) is 0.882. The third kappa shape index (κ3) is 10.3. The Bertz CT molecular complexity index is 299. The summed E-state index contributed by atoms with van der Waals surface area (Å²) in [4.78, 5) is 23.2. The first-order chi connectivity index (χ1) is 9.90. The quantitative estimate of drug-likeness (QED) is 0.539. The standard InChI is InChI=1S/C17H32O4/c1-6-8-9-15(7-2)12-20-16(18)10-11-17(19)21-14(5)13(3)4/h13-15H,6-12H2,1-5H3. The smallest absolute Gasteiger partial charge is 0.306 e. The van der Waals surface area contributed by atoms with Gasteiger partial charge in [0.1, 0.15) is 6.10 Å². The molecule has 4 heteroatoms. The molecule has 0 N–H and O–H groups in total. The molecule has 0 rings (SSSR count). The van der Waals surface area contributed by atoms with Gasteiger partial charge in [-0.3, -0.25) is 9.59 Å². The molecule has 0 aliphatic carbocycles. The predicted octanol–water partition coefficient (Wildman–Crippen LogP) is 4.11. The second kappa shape index (κ2) is 11.6. The Hall–Kier alpha value is -1.06. The van der Waals surface area contributed by atoms with Crippen molar-refractivity contribution in [2.75, 3.05) is 6.61 Å². The van der Waals surface area contributed by atoms with Gasteiger partial charge in [-0.25, -0.2) is 0 Å². The minimum absolute atomic E-state index is 0.0989. The third-order valence-electron chi connectivity index (χ3n) is 3.81. The summed E-state index contributed by atoms with van der Waals surface area (Å²) < 4.78 is 10.5. The van der Waals surface area contributed by atoms with Crippen LogP contribution in [0, 0.1) is 11.8 Å². The molecule has 0 aromatic carbocycles. The number of unbranched alkanes of at least 4 members (excludes halogenated alkanes) is 1. The van der Waals surface area contributed by atoms with Gasteiger partial charge in [0, 0.05) is 0 Å². The second-order valence-corrected chi connectivity index (χ2v) is 6.04. The van der Waals surface area contributed by atoms with Gasteiger partial charge in [0.25, 0.3) is 0 Å². The number of ether oxygens (including phenoxy) is 2. The Labute approximate surface area is 129 Å². The van der Waals surface area contributed by atoms with E-state index in [1.807, 2.05) is 20.8 Å². The van der Waals surface area contributed by atoms with Gasteiger partial charge in [-0.1, -0.05) is 47.0 Å². The molecule has 21 heavy (non-hydrogen) atoms. The Kier molecular flexibility index (Phi) is 11.0. The first-order valence-corrected chi connectivity index (χ1v) is 8.25. The molecule has 0 saturated heterocycles. The highest BCUT2D eigenvalue weighted by Crippen LogP contribution is 2.13. The van der Waals surface area contributed by atoms with Crippen molar-refractivity contribution >= 4 is 11.9 Å². The molecule has 2 unspecified atom stereocenters. The number of esters is 2. The van der Waals surface area contributed by atoms with Crippen LogP contribution in [0.25, 0.3) is 0 Å². The number of carbonyl (C=O) groups is 2. The maximum absolute atomic E-state index is 11.6. The summed E-state index contributed by atoms with van der Waals surface area (Å²) in [5.41, 5.74) is 0. The number of hydrogen-bond acceptors (Lipinski definition) is 4. The van der Waals surface area contributed by atoms with Crippen LogP contribution < -0.4 is 0 Å². The van der Waals surface area contributed by atoms with Gasteiger partial charge in [-0.05, 0) is 25.2 Å². The Morgan fingerprint density at radius 3 is 2.14 bits per heavy atom. The molecule has 0 radical (unpaired) electrons.